The van der Waals surface area contributed by atoms with Crippen LogP contribution in [0.25, 0.3) is 0 Å². The highest BCUT2D eigenvalue weighted by molar-refractivity contribution is 5.14. The van der Waals surface area contributed by atoms with Gasteiger partial charge in [0, 0.05) is 6.20 Å². The zero-order valence-corrected chi connectivity index (χ0v) is 7.12. The fourth-order valence-corrected chi connectivity index (χ4v) is 0.700. The van der Waals surface area contributed by atoms with Crippen LogP contribution in [0.3, 0.4) is 0 Å². The largest absolute Gasteiger partial charge is 0.466 e. The van der Waals surface area contributed by atoms with Gasteiger partial charge in [-0.05, 0) is 12.1 Å². The summed E-state index contributed by atoms with van der Waals surface area (Å²) in [6.07, 6.45) is -1.40. The van der Waals surface area contributed by atoms with Gasteiger partial charge in [-0.3, -0.25) is 4.98 Å². The third kappa shape index (κ3) is 4.66. The minimum Gasteiger partial charge on any atom is -0.466 e. The maximum absolute atomic E-state index is 11.6. The summed E-state index contributed by atoms with van der Waals surface area (Å²) in [7, 11) is 0. The first-order valence-corrected chi connectivity index (χ1v) is 3.75. The number of rotatable bonds is 4. The second-order valence-electron chi connectivity index (χ2n) is 2.41. The Bertz CT molecular complexity index is 263. The zero-order chi connectivity index (χ0) is 10.4. The maximum Gasteiger partial charge on any atom is 0.411 e. The lowest BCUT2D eigenvalue weighted by Crippen LogP contribution is -2.19. The smallest absolute Gasteiger partial charge is 0.411 e. The molecule has 0 aromatic carbocycles. The maximum atomic E-state index is 11.6. The van der Waals surface area contributed by atoms with Gasteiger partial charge in [0.05, 0.1) is 6.20 Å². The molecule has 0 N–H and O–H groups in total. The van der Waals surface area contributed by atoms with Crippen molar-refractivity contribution in [3.8, 4) is 5.75 Å². The first-order valence-electron chi connectivity index (χ1n) is 3.75. The predicted octanol–water partition coefficient (Wildman–Crippen LogP) is 2.00. The van der Waals surface area contributed by atoms with Gasteiger partial charge in [0.1, 0.15) is 12.4 Å². The fourth-order valence-electron chi connectivity index (χ4n) is 0.700. The van der Waals surface area contributed by atoms with Crippen LogP contribution in [0, 0.1) is 0 Å². The normalized spacial score (nSPS) is 11.4. The Balaban J connectivity index is 2.17. The lowest BCUT2D eigenvalue weighted by Gasteiger charge is -2.08. The predicted molar refractivity (Wildman–Crippen MR) is 41.7 cm³/mol. The molecule has 6 heteroatoms. The van der Waals surface area contributed by atoms with Gasteiger partial charge in [-0.15, -0.1) is 0 Å². The van der Waals surface area contributed by atoms with Crippen LogP contribution in [0.4, 0.5) is 13.2 Å². The van der Waals surface area contributed by atoms with Crippen LogP contribution in [0.2, 0.25) is 0 Å². The third-order valence-electron chi connectivity index (χ3n) is 1.21. The fraction of sp³-hybridized carbons (Fsp3) is 0.375. The van der Waals surface area contributed by atoms with Crippen molar-refractivity contribution in [3.05, 3.63) is 24.5 Å². The molecule has 0 aliphatic rings. The molecule has 78 valence electrons. The number of alkyl halides is 3. The first-order chi connectivity index (χ1) is 6.58. The van der Waals surface area contributed by atoms with E-state index in [1.807, 2.05) is 0 Å². The van der Waals surface area contributed by atoms with E-state index in [1.165, 1.54) is 12.4 Å². The summed E-state index contributed by atoms with van der Waals surface area (Å²) >= 11 is 0. The van der Waals surface area contributed by atoms with Crippen LogP contribution in [0.1, 0.15) is 0 Å². The molecule has 0 spiro atoms. The molecule has 0 bridgehead atoms. The number of halogens is 3. The summed E-state index contributed by atoms with van der Waals surface area (Å²) < 4.78 is 43.8. The van der Waals surface area contributed by atoms with Crippen LogP contribution in [-0.4, -0.2) is 24.6 Å². The van der Waals surface area contributed by atoms with Crippen LogP contribution < -0.4 is 4.74 Å². The summed E-state index contributed by atoms with van der Waals surface area (Å²) in [5, 5.41) is 0. The van der Waals surface area contributed by atoms with E-state index in [-0.39, 0.29) is 0 Å². The molecule has 0 unspecified atom stereocenters. The SMILES string of the molecule is FC(F)(F)COCOc1cccnc1. The molecule has 1 rings (SSSR count). The quantitative estimate of drug-likeness (QED) is 0.559. The molecule has 14 heavy (non-hydrogen) atoms. The van der Waals surface area contributed by atoms with E-state index < -0.39 is 19.6 Å². The van der Waals surface area contributed by atoms with E-state index >= 15 is 0 Å². The van der Waals surface area contributed by atoms with Gasteiger partial charge in [0.2, 0.25) is 0 Å². The van der Waals surface area contributed by atoms with Gasteiger partial charge in [0.25, 0.3) is 0 Å². The Hall–Kier alpha value is -1.30. The third-order valence-corrected chi connectivity index (χ3v) is 1.21. The summed E-state index contributed by atoms with van der Waals surface area (Å²) in [6, 6.07) is 3.18. The summed E-state index contributed by atoms with van der Waals surface area (Å²) in [5.41, 5.74) is 0. The molecular formula is C8H8F3NO2. The molecule has 0 aliphatic heterocycles. The molecule has 1 aromatic rings. The Morgan fingerprint density at radius 3 is 2.71 bits per heavy atom. The standard InChI is InChI=1S/C8H8F3NO2/c9-8(10,11)5-13-6-14-7-2-1-3-12-4-7/h1-4H,5-6H2. The second-order valence-corrected chi connectivity index (χ2v) is 2.41. The van der Waals surface area contributed by atoms with E-state index in [4.69, 9.17) is 4.74 Å². The van der Waals surface area contributed by atoms with Crippen molar-refractivity contribution in [1.29, 1.82) is 0 Å². The average molecular weight is 207 g/mol. The molecule has 0 saturated carbocycles. The van der Waals surface area contributed by atoms with Crippen molar-refractivity contribution in [2.45, 2.75) is 6.18 Å². The summed E-state index contributed by atoms with van der Waals surface area (Å²) in [5.74, 6) is 0.370. The van der Waals surface area contributed by atoms with E-state index in [1.54, 1.807) is 12.1 Å². The summed E-state index contributed by atoms with van der Waals surface area (Å²) in [6.45, 7) is -1.75. The Morgan fingerprint density at radius 1 is 1.36 bits per heavy atom. The number of pyridine rings is 1. The topological polar surface area (TPSA) is 31.4 Å². The number of ether oxygens (including phenoxy) is 2. The van der Waals surface area contributed by atoms with Crippen molar-refractivity contribution in [2.75, 3.05) is 13.4 Å². The van der Waals surface area contributed by atoms with Crippen molar-refractivity contribution in [3.63, 3.8) is 0 Å². The zero-order valence-electron chi connectivity index (χ0n) is 7.12. The van der Waals surface area contributed by atoms with Gasteiger partial charge in [0.15, 0.2) is 6.79 Å². The Kier molecular flexibility index (Phi) is 3.70. The number of hydrogen-bond acceptors (Lipinski definition) is 3. The van der Waals surface area contributed by atoms with E-state index in [0.29, 0.717) is 5.75 Å². The lowest BCUT2D eigenvalue weighted by molar-refractivity contribution is -0.186. The van der Waals surface area contributed by atoms with Gasteiger partial charge in [-0.2, -0.15) is 13.2 Å². The van der Waals surface area contributed by atoms with Gasteiger partial charge in [-0.25, -0.2) is 0 Å². The molecule has 0 saturated heterocycles. The minimum atomic E-state index is -4.32. The highest BCUT2D eigenvalue weighted by atomic mass is 19.4. The van der Waals surface area contributed by atoms with E-state index in [2.05, 4.69) is 9.72 Å². The van der Waals surface area contributed by atoms with Gasteiger partial charge in [-0.1, -0.05) is 0 Å². The van der Waals surface area contributed by atoms with E-state index in [9.17, 15) is 13.2 Å². The molecular weight excluding hydrogens is 199 g/mol. The molecule has 1 aromatic heterocycles. The van der Waals surface area contributed by atoms with Crippen LogP contribution >= 0.6 is 0 Å². The number of aromatic nitrogens is 1. The van der Waals surface area contributed by atoms with Crippen LogP contribution in [0.15, 0.2) is 24.5 Å². The summed E-state index contributed by atoms with van der Waals surface area (Å²) in [4.78, 5) is 3.71. The number of hydrogen-bond donors (Lipinski definition) is 0. The van der Waals surface area contributed by atoms with Gasteiger partial charge < -0.3 is 9.47 Å². The first kappa shape index (κ1) is 10.8. The molecule has 3 nitrogen and oxygen atoms in total. The van der Waals surface area contributed by atoms with Crippen LogP contribution in [-0.2, 0) is 4.74 Å². The van der Waals surface area contributed by atoms with Crippen molar-refractivity contribution in [1.82, 2.24) is 4.98 Å². The molecule has 0 atom stereocenters. The van der Waals surface area contributed by atoms with Crippen molar-refractivity contribution >= 4 is 0 Å². The number of nitrogens with zero attached hydrogens (tertiary/aromatic N) is 1. The molecule has 0 aliphatic carbocycles. The van der Waals surface area contributed by atoms with Crippen molar-refractivity contribution in [2.24, 2.45) is 0 Å². The van der Waals surface area contributed by atoms with Crippen LogP contribution in [0.5, 0.6) is 5.75 Å². The highest BCUT2D eigenvalue weighted by Gasteiger charge is 2.27. The Labute approximate surface area is 78.5 Å². The second kappa shape index (κ2) is 4.80. The lowest BCUT2D eigenvalue weighted by atomic mass is 10.5. The molecule has 0 fully saturated rings. The van der Waals surface area contributed by atoms with E-state index in [0.717, 1.165) is 0 Å². The monoisotopic (exact) mass is 207 g/mol. The average Bonchev–Trinajstić information content (AvgIpc) is 2.13. The highest BCUT2D eigenvalue weighted by Crippen LogP contribution is 2.14. The Morgan fingerprint density at radius 2 is 2.14 bits per heavy atom. The molecule has 1 heterocycles. The molecule has 0 amide bonds. The van der Waals surface area contributed by atoms with Gasteiger partial charge >= 0.3 is 6.18 Å². The molecule has 0 radical (unpaired) electrons. The van der Waals surface area contributed by atoms with Crippen molar-refractivity contribution < 1.29 is 22.6 Å². The minimum absolute atomic E-state index is 0.370.